The summed E-state index contributed by atoms with van der Waals surface area (Å²) < 4.78 is 16.5. The predicted octanol–water partition coefficient (Wildman–Crippen LogP) is 4.21. The number of rotatable bonds is 8. The number of ketones is 1. The van der Waals surface area contributed by atoms with Crippen LogP contribution in [0.15, 0.2) is 46.9 Å². The van der Waals surface area contributed by atoms with Crippen molar-refractivity contribution in [2.75, 3.05) is 14.2 Å². The highest BCUT2D eigenvalue weighted by atomic mass is 79.9. The van der Waals surface area contributed by atoms with Gasteiger partial charge in [0.25, 0.3) is 0 Å². The molecular formula is C20H19BrO6. The zero-order valence-corrected chi connectivity index (χ0v) is 16.6. The Morgan fingerprint density at radius 1 is 1.07 bits per heavy atom. The first kappa shape index (κ1) is 20.5. The van der Waals surface area contributed by atoms with E-state index in [4.69, 9.17) is 19.3 Å². The Bertz CT molecular complexity index is 858. The van der Waals surface area contributed by atoms with Gasteiger partial charge in [0.15, 0.2) is 23.4 Å². The molecule has 0 radical (unpaired) electrons. The Labute approximate surface area is 165 Å². The highest BCUT2D eigenvalue weighted by Crippen LogP contribution is 2.33. The van der Waals surface area contributed by atoms with E-state index in [1.54, 1.807) is 56.7 Å². The van der Waals surface area contributed by atoms with E-state index in [2.05, 4.69) is 15.9 Å². The van der Waals surface area contributed by atoms with Gasteiger partial charge < -0.3 is 19.3 Å². The Hall–Kier alpha value is -2.80. The van der Waals surface area contributed by atoms with Crippen molar-refractivity contribution in [2.24, 2.45) is 0 Å². The van der Waals surface area contributed by atoms with E-state index >= 15 is 0 Å². The summed E-state index contributed by atoms with van der Waals surface area (Å²) in [6.07, 6.45) is 2.15. The second-order valence-corrected chi connectivity index (χ2v) is 6.40. The van der Waals surface area contributed by atoms with E-state index in [0.29, 0.717) is 22.8 Å². The van der Waals surface area contributed by atoms with Crippen LogP contribution in [0.25, 0.3) is 6.08 Å². The van der Waals surface area contributed by atoms with Crippen molar-refractivity contribution >= 4 is 33.8 Å². The van der Waals surface area contributed by atoms with Gasteiger partial charge in [0, 0.05) is 10.0 Å². The second-order valence-electron chi connectivity index (χ2n) is 5.55. The van der Waals surface area contributed by atoms with Crippen molar-refractivity contribution in [1.82, 2.24) is 0 Å². The number of aliphatic carboxylic acids is 1. The fourth-order valence-corrected chi connectivity index (χ4v) is 2.67. The molecule has 0 aliphatic rings. The summed E-state index contributed by atoms with van der Waals surface area (Å²) in [5, 5.41) is 8.85. The third-order valence-corrected chi connectivity index (χ3v) is 4.40. The predicted molar refractivity (Wildman–Crippen MR) is 105 cm³/mol. The molecule has 142 valence electrons. The van der Waals surface area contributed by atoms with Gasteiger partial charge >= 0.3 is 5.97 Å². The van der Waals surface area contributed by atoms with Crippen molar-refractivity contribution in [1.29, 1.82) is 0 Å². The van der Waals surface area contributed by atoms with E-state index in [0.717, 1.165) is 10.0 Å². The topological polar surface area (TPSA) is 82.1 Å². The fourth-order valence-electron chi connectivity index (χ4n) is 2.21. The first-order valence-corrected chi connectivity index (χ1v) is 8.78. The molecule has 0 aliphatic heterocycles. The molecule has 0 saturated heterocycles. The van der Waals surface area contributed by atoms with E-state index < -0.39 is 12.1 Å². The number of halogens is 1. The molecule has 27 heavy (non-hydrogen) atoms. The van der Waals surface area contributed by atoms with Crippen molar-refractivity contribution in [3.05, 3.63) is 58.1 Å². The quantitative estimate of drug-likeness (QED) is 0.494. The molecule has 1 N–H and O–H groups in total. The molecule has 0 spiro atoms. The van der Waals surface area contributed by atoms with Gasteiger partial charge in [-0.15, -0.1) is 0 Å². The van der Waals surface area contributed by atoms with Gasteiger partial charge in [0.2, 0.25) is 0 Å². The first-order chi connectivity index (χ1) is 12.8. The number of hydrogen-bond donors (Lipinski definition) is 1. The van der Waals surface area contributed by atoms with Gasteiger partial charge in [-0.2, -0.15) is 0 Å². The van der Waals surface area contributed by atoms with Crippen molar-refractivity contribution in [2.45, 2.75) is 13.0 Å². The number of carboxylic acids is 1. The minimum Gasteiger partial charge on any atom is -0.493 e. The molecule has 0 aliphatic carbocycles. The van der Waals surface area contributed by atoms with E-state index in [1.165, 1.54) is 13.0 Å². The average Bonchev–Trinajstić information content (AvgIpc) is 2.66. The van der Waals surface area contributed by atoms with Gasteiger partial charge in [0.1, 0.15) is 5.75 Å². The maximum atomic E-state index is 12.4. The van der Waals surface area contributed by atoms with Crippen molar-refractivity contribution in [3.63, 3.8) is 0 Å². The van der Waals surface area contributed by atoms with Crippen LogP contribution in [0.2, 0.25) is 0 Å². The zero-order chi connectivity index (χ0) is 20.0. The minimum absolute atomic E-state index is 0.200. The van der Waals surface area contributed by atoms with Crippen molar-refractivity contribution in [3.8, 4) is 17.2 Å². The lowest BCUT2D eigenvalue weighted by atomic mass is 10.1. The number of allylic oxidation sites excluding steroid dienone is 1. The maximum Gasteiger partial charge on any atom is 0.344 e. The Morgan fingerprint density at radius 2 is 1.67 bits per heavy atom. The number of carbonyl (C=O) groups is 2. The third-order valence-electron chi connectivity index (χ3n) is 3.72. The van der Waals surface area contributed by atoms with Crippen LogP contribution in [-0.2, 0) is 4.79 Å². The summed E-state index contributed by atoms with van der Waals surface area (Å²) in [5.41, 5.74) is 1.22. The monoisotopic (exact) mass is 434 g/mol. The fraction of sp³-hybridized carbons (Fsp3) is 0.200. The molecule has 2 rings (SSSR count). The normalized spacial score (nSPS) is 11.9. The number of methoxy groups -OCH3 is 2. The van der Waals surface area contributed by atoms with Crippen LogP contribution in [0, 0.1) is 0 Å². The summed E-state index contributed by atoms with van der Waals surface area (Å²) in [4.78, 5) is 23.2. The molecule has 0 fully saturated rings. The van der Waals surface area contributed by atoms with Crippen LogP contribution in [0.4, 0.5) is 0 Å². The molecule has 0 saturated carbocycles. The Morgan fingerprint density at radius 3 is 2.22 bits per heavy atom. The second kappa shape index (κ2) is 9.23. The van der Waals surface area contributed by atoms with E-state index in [-0.39, 0.29) is 5.78 Å². The largest absolute Gasteiger partial charge is 0.493 e. The summed E-state index contributed by atoms with van der Waals surface area (Å²) in [6.45, 7) is 1.44. The summed E-state index contributed by atoms with van der Waals surface area (Å²) in [6, 6.07) is 9.82. The number of carboxylic acid groups (broad SMARTS) is 1. The lowest BCUT2D eigenvalue weighted by molar-refractivity contribution is -0.144. The van der Waals surface area contributed by atoms with Gasteiger partial charge in [-0.25, -0.2) is 4.79 Å². The first-order valence-electron chi connectivity index (χ1n) is 7.99. The molecule has 1 atom stereocenters. The zero-order valence-electron chi connectivity index (χ0n) is 15.1. The molecule has 6 nitrogen and oxygen atoms in total. The van der Waals surface area contributed by atoms with E-state index in [9.17, 15) is 9.59 Å². The van der Waals surface area contributed by atoms with Crippen LogP contribution in [-0.4, -0.2) is 37.2 Å². The third kappa shape index (κ3) is 5.34. The molecule has 1 unspecified atom stereocenters. The van der Waals surface area contributed by atoms with Crippen LogP contribution in [0.5, 0.6) is 17.2 Å². The molecule has 0 aromatic heterocycles. The maximum absolute atomic E-state index is 12.4. The molecule has 0 bridgehead atoms. The highest BCUT2D eigenvalue weighted by molar-refractivity contribution is 9.10. The van der Waals surface area contributed by atoms with Gasteiger partial charge in [0.05, 0.1) is 14.2 Å². The van der Waals surface area contributed by atoms with E-state index in [1.807, 2.05) is 0 Å². The number of carbonyl (C=O) groups excluding carboxylic acids is 1. The smallest absolute Gasteiger partial charge is 0.344 e. The van der Waals surface area contributed by atoms with Crippen LogP contribution >= 0.6 is 15.9 Å². The molecule has 0 amide bonds. The van der Waals surface area contributed by atoms with Gasteiger partial charge in [-0.3, -0.25) is 4.79 Å². The Kier molecular flexibility index (Phi) is 7.01. The van der Waals surface area contributed by atoms with Gasteiger partial charge in [-0.05, 0) is 61.0 Å². The molecule has 7 heteroatoms. The van der Waals surface area contributed by atoms with Gasteiger partial charge in [-0.1, -0.05) is 15.9 Å². The standard InChI is InChI=1S/C20H19BrO6/c1-12(20(23)24)27-15-7-4-13(5-8-15)17(22)9-6-14-10-18(25-2)19(26-3)11-16(14)21/h4-12H,1-3H3,(H,23,24)/b9-6+. The molecule has 2 aromatic carbocycles. The molecule has 0 heterocycles. The number of hydrogen-bond acceptors (Lipinski definition) is 5. The summed E-state index contributed by atoms with van der Waals surface area (Å²) in [5.74, 6) is 0.266. The van der Waals surface area contributed by atoms with Crippen LogP contribution < -0.4 is 14.2 Å². The summed E-state index contributed by atoms with van der Waals surface area (Å²) >= 11 is 3.44. The van der Waals surface area contributed by atoms with Crippen LogP contribution in [0.1, 0.15) is 22.8 Å². The molecular weight excluding hydrogens is 416 g/mol. The highest BCUT2D eigenvalue weighted by Gasteiger charge is 2.13. The lowest BCUT2D eigenvalue weighted by Gasteiger charge is -2.10. The number of ether oxygens (including phenoxy) is 3. The lowest BCUT2D eigenvalue weighted by Crippen LogP contribution is -2.22. The van der Waals surface area contributed by atoms with Crippen molar-refractivity contribution < 1.29 is 28.9 Å². The SMILES string of the molecule is COc1cc(Br)c(/C=C/C(=O)c2ccc(OC(C)C(=O)O)cc2)cc1OC. The van der Waals surface area contributed by atoms with Crippen LogP contribution in [0.3, 0.4) is 0 Å². The average molecular weight is 435 g/mol. The molecule has 2 aromatic rings. The minimum atomic E-state index is -1.06. The summed E-state index contributed by atoms with van der Waals surface area (Å²) in [7, 11) is 3.09. The number of benzene rings is 2. The Balaban J connectivity index is 2.14.